The summed E-state index contributed by atoms with van der Waals surface area (Å²) in [5.74, 6) is 2.72. The Morgan fingerprint density at radius 3 is 2.64 bits per heavy atom. The van der Waals surface area contributed by atoms with Crippen LogP contribution >= 0.6 is 24.0 Å². The van der Waals surface area contributed by atoms with Crippen LogP contribution in [0.25, 0.3) is 0 Å². The van der Waals surface area contributed by atoms with E-state index in [1.165, 1.54) is 24.8 Å². The zero-order chi connectivity index (χ0) is 18.7. The smallest absolute Gasteiger partial charge is 0.191 e. The number of benzene rings is 1. The number of pyridine rings is 1. The maximum atomic E-state index is 5.69. The Labute approximate surface area is 184 Å². The number of para-hydroxylation sites is 1. The molecule has 1 aromatic heterocycles. The predicted octanol–water partition coefficient (Wildman–Crippen LogP) is 3.43. The van der Waals surface area contributed by atoms with Crippen molar-refractivity contribution in [3.05, 3.63) is 54.2 Å². The number of guanidine groups is 1. The Balaban J connectivity index is 0.00000280. The minimum absolute atomic E-state index is 0. The molecule has 0 aliphatic carbocycles. The third-order valence-corrected chi connectivity index (χ3v) is 4.58. The molecule has 0 radical (unpaired) electrons. The number of aliphatic imine (C=N–C) groups is 1. The summed E-state index contributed by atoms with van der Waals surface area (Å²) in [4.78, 5) is 11.2. The van der Waals surface area contributed by atoms with Gasteiger partial charge in [-0.1, -0.05) is 18.2 Å². The van der Waals surface area contributed by atoms with E-state index in [1.54, 1.807) is 7.05 Å². The van der Waals surface area contributed by atoms with Crippen LogP contribution < -0.4 is 20.3 Å². The largest absolute Gasteiger partial charge is 0.492 e. The van der Waals surface area contributed by atoms with Gasteiger partial charge < -0.3 is 20.3 Å². The summed E-state index contributed by atoms with van der Waals surface area (Å²) in [5, 5.41) is 6.63. The van der Waals surface area contributed by atoms with Crippen molar-refractivity contribution in [2.24, 2.45) is 4.99 Å². The number of halogens is 1. The number of nitrogens with zero attached hydrogens (tertiary/aromatic N) is 3. The fourth-order valence-electron chi connectivity index (χ4n) is 3.13. The van der Waals surface area contributed by atoms with E-state index in [9.17, 15) is 0 Å². The zero-order valence-corrected chi connectivity index (χ0v) is 18.8. The van der Waals surface area contributed by atoms with Crippen LogP contribution in [0.5, 0.6) is 5.75 Å². The molecule has 7 heteroatoms. The Hall–Kier alpha value is -2.03. The van der Waals surface area contributed by atoms with E-state index < -0.39 is 0 Å². The molecule has 152 valence electrons. The van der Waals surface area contributed by atoms with Gasteiger partial charge in [-0.3, -0.25) is 4.99 Å². The lowest BCUT2D eigenvalue weighted by Gasteiger charge is -2.28. The van der Waals surface area contributed by atoms with Crippen molar-refractivity contribution in [3.8, 4) is 5.75 Å². The molecule has 1 aromatic carbocycles. The molecule has 6 nitrogen and oxygen atoms in total. The van der Waals surface area contributed by atoms with E-state index in [0.717, 1.165) is 30.6 Å². The molecule has 0 atom stereocenters. The van der Waals surface area contributed by atoms with Crippen molar-refractivity contribution >= 4 is 35.8 Å². The first-order valence-electron chi connectivity index (χ1n) is 9.67. The number of piperidine rings is 1. The summed E-state index contributed by atoms with van der Waals surface area (Å²) in [7, 11) is 1.78. The minimum Gasteiger partial charge on any atom is -0.492 e. The maximum Gasteiger partial charge on any atom is 0.191 e. The average molecular weight is 495 g/mol. The quantitative estimate of drug-likeness (QED) is 0.267. The van der Waals surface area contributed by atoms with Gasteiger partial charge in [-0.15, -0.1) is 24.0 Å². The van der Waals surface area contributed by atoms with Gasteiger partial charge in [-0.05, 0) is 49.1 Å². The number of rotatable bonds is 7. The van der Waals surface area contributed by atoms with E-state index in [1.807, 2.05) is 42.6 Å². The molecule has 1 fully saturated rings. The molecule has 0 spiro atoms. The van der Waals surface area contributed by atoms with Gasteiger partial charge in [0.25, 0.3) is 0 Å². The number of ether oxygens (including phenoxy) is 1. The monoisotopic (exact) mass is 495 g/mol. The Morgan fingerprint density at radius 1 is 1.11 bits per heavy atom. The summed E-state index contributed by atoms with van der Waals surface area (Å²) in [6, 6.07) is 14.0. The molecule has 2 aromatic rings. The standard InChI is InChI=1S/C21H29N5O.HI/c1-22-21(24-12-15-27-19-8-4-2-5-9-19)25-17-18-10-11-23-20(16-18)26-13-6-3-7-14-26;/h2,4-5,8-11,16H,3,6-7,12-15,17H2,1H3,(H2,22,24,25);1H. The van der Waals surface area contributed by atoms with E-state index in [2.05, 4.69) is 31.6 Å². The minimum atomic E-state index is 0. The second kappa shape index (κ2) is 12.4. The molecule has 1 saturated heterocycles. The van der Waals surface area contributed by atoms with Crippen molar-refractivity contribution in [1.29, 1.82) is 0 Å². The van der Waals surface area contributed by atoms with Crippen LogP contribution in [0, 0.1) is 0 Å². The van der Waals surface area contributed by atoms with Crippen molar-refractivity contribution < 1.29 is 4.74 Å². The van der Waals surface area contributed by atoms with E-state index in [4.69, 9.17) is 4.74 Å². The molecule has 2 N–H and O–H groups in total. The van der Waals surface area contributed by atoms with Crippen LogP contribution in [0.15, 0.2) is 53.7 Å². The lowest BCUT2D eigenvalue weighted by Crippen LogP contribution is -2.39. The third-order valence-electron chi connectivity index (χ3n) is 4.58. The van der Waals surface area contributed by atoms with Crippen LogP contribution in [0.3, 0.4) is 0 Å². The molecule has 2 heterocycles. The number of anilines is 1. The van der Waals surface area contributed by atoms with Crippen molar-refractivity contribution in [2.75, 3.05) is 38.2 Å². The first-order valence-corrected chi connectivity index (χ1v) is 9.67. The number of nitrogens with one attached hydrogen (secondary N) is 2. The number of aromatic nitrogens is 1. The van der Waals surface area contributed by atoms with E-state index in [-0.39, 0.29) is 24.0 Å². The van der Waals surface area contributed by atoms with Crippen LogP contribution in [0.2, 0.25) is 0 Å². The Morgan fingerprint density at radius 2 is 1.89 bits per heavy atom. The van der Waals surface area contributed by atoms with Gasteiger partial charge in [0.05, 0.1) is 6.54 Å². The van der Waals surface area contributed by atoms with Gasteiger partial charge in [-0.2, -0.15) is 0 Å². The summed E-state index contributed by atoms with van der Waals surface area (Å²) in [6.45, 7) is 4.19. The second-order valence-corrected chi connectivity index (χ2v) is 6.58. The maximum absolute atomic E-state index is 5.69. The summed E-state index contributed by atoms with van der Waals surface area (Å²) in [6.07, 6.45) is 5.73. The van der Waals surface area contributed by atoms with Crippen molar-refractivity contribution in [3.63, 3.8) is 0 Å². The van der Waals surface area contributed by atoms with E-state index >= 15 is 0 Å². The summed E-state index contributed by atoms with van der Waals surface area (Å²) in [5.41, 5.74) is 1.20. The van der Waals surface area contributed by atoms with Gasteiger partial charge >= 0.3 is 0 Å². The SMILES string of the molecule is CN=C(NCCOc1ccccc1)NCc1ccnc(N2CCCCC2)c1.I. The molecule has 0 unspecified atom stereocenters. The summed E-state index contributed by atoms with van der Waals surface area (Å²) >= 11 is 0. The highest BCUT2D eigenvalue weighted by atomic mass is 127. The molecular weight excluding hydrogens is 465 g/mol. The van der Waals surface area contributed by atoms with Gasteiger partial charge in [0.2, 0.25) is 0 Å². The first kappa shape index (κ1) is 22.3. The average Bonchev–Trinajstić information content (AvgIpc) is 2.75. The lowest BCUT2D eigenvalue weighted by atomic mass is 10.1. The van der Waals surface area contributed by atoms with Gasteiger partial charge in [0.1, 0.15) is 18.2 Å². The molecular formula is C21H30IN5O. The van der Waals surface area contributed by atoms with Crippen LogP contribution in [0.4, 0.5) is 5.82 Å². The molecule has 0 bridgehead atoms. The zero-order valence-electron chi connectivity index (χ0n) is 16.4. The highest BCUT2D eigenvalue weighted by molar-refractivity contribution is 14.0. The first-order chi connectivity index (χ1) is 13.3. The normalized spacial score (nSPS) is 14.2. The second-order valence-electron chi connectivity index (χ2n) is 6.58. The summed E-state index contributed by atoms with van der Waals surface area (Å²) < 4.78 is 5.69. The van der Waals surface area contributed by atoms with Crippen LogP contribution in [0.1, 0.15) is 24.8 Å². The lowest BCUT2D eigenvalue weighted by molar-refractivity contribution is 0.322. The number of hydrogen-bond donors (Lipinski definition) is 2. The fourth-order valence-corrected chi connectivity index (χ4v) is 3.13. The Kier molecular flexibility index (Phi) is 9.88. The fraction of sp³-hybridized carbons (Fsp3) is 0.429. The van der Waals surface area contributed by atoms with Crippen LogP contribution in [-0.2, 0) is 6.54 Å². The van der Waals surface area contributed by atoms with Gasteiger partial charge in [-0.25, -0.2) is 4.98 Å². The van der Waals surface area contributed by atoms with Gasteiger partial charge in [0.15, 0.2) is 5.96 Å². The Bertz CT molecular complexity index is 720. The number of hydrogen-bond acceptors (Lipinski definition) is 4. The molecule has 1 aliphatic heterocycles. The molecule has 1 aliphatic rings. The highest BCUT2D eigenvalue weighted by Gasteiger charge is 2.12. The molecule has 0 saturated carbocycles. The molecule has 28 heavy (non-hydrogen) atoms. The molecule has 3 rings (SSSR count). The van der Waals surface area contributed by atoms with E-state index in [0.29, 0.717) is 19.7 Å². The molecule has 0 amide bonds. The van der Waals surface area contributed by atoms with Crippen molar-refractivity contribution in [2.45, 2.75) is 25.8 Å². The highest BCUT2D eigenvalue weighted by Crippen LogP contribution is 2.18. The van der Waals surface area contributed by atoms with Gasteiger partial charge in [0, 0.05) is 32.9 Å². The third kappa shape index (κ3) is 7.18. The predicted molar refractivity (Wildman–Crippen MR) is 126 cm³/mol. The topological polar surface area (TPSA) is 61.8 Å². The van der Waals surface area contributed by atoms with Crippen molar-refractivity contribution in [1.82, 2.24) is 15.6 Å². The van der Waals surface area contributed by atoms with Crippen LogP contribution in [-0.4, -0.2) is 44.2 Å².